The second kappa shape index (κ2) is 8.26. The smallest absolute Gasteiger partial charge is 0.252 e. The molecule has 5 rings (SSSR count). The van der Waals surface area contributed by atoms with E-state index in [-0.39, 0.29) is 18.4 Å². The van der Waals surface area contributed by atoms with E-state index in [1.165, 1.54) is 32.2 Å². The topological polar surface area (TPSA) is 73.5 Å². The number of carbonyl (C=O) groups excluding carboxylic acids is 1. The van der Waals surface area contributed by atoms with E-state index in [2.05, 4.69) is 23.2 Å². The number of hydrogen-bond donors (Lipinski definition) is 1. The summed E-state index contributed by atoms with van der Waals surface area (Å²) in [7, 11) is -3.51. The van der Waals surface area contributed by atoms with Crippen LogP contribution in [-0.2, 0) is 14.8 Å². The molecular formula is C23H25N3O3S2. The van der Waals surface area contributed by atoms with Gasteiger partial charge in [0.1, 0.15) is 4.21 Å². The molecule has 8 heteroatoms. The van der Waals surface area contributed by atoms with Gasteiger partial charge in [0.2, 0.25) is 5.91 Å². The summed E-state index contributed by atoms with van der Waals surface area (Å²) in [6, 6.07) is 11.6. The number of aromatic nitrogens is 1. The van der Waals surface area contributed by atoms with Gasteiger partial charge in [-0.25, -0.2) is 8.42 Å². The molecule has 2 aliphatic rings. The van der Waals surface area contributed by atoms with Gasteiger partial charge in [0.05, 0.1) is 5.92 Å². The number of aromatic amines is 1. The molecule has 0 spiro atoms. The number of carbonyl (C=O) groups is 1. The Morgan fingerprint density at radius 3 is 2.77 bits per heavy atom. The fourth-order valence-electron chi connectivity index (χ4n) is 4.61. The number of rotatable bonds is 4. The average Bonchev–Trinajstić information content (AvgIpc) is 3.50. The van der Waals surface area contributed by atoms with Crippen molar-refractivity contribution in [2.24, 2.45) is 5.92 Å². The van der Waals surface area contributed by atoms with E-state index in [9.17, 15) is 13.2 Å². The monoisotopic (exact) mass is 455 g/mol. The first kappa shape index (κ1) is 20.5. The number of benzene rings is 1. The van der Waals surface area contributed by atoms with Crippen LogP contribution in [0.5, 0.6) is 0 Å². The van der Waals surface area contributed by atoms with Gasteiger partial charge in [-0.15, -0.1) is 11.3 Å². The lowest BCUT2D eigenvalue weighted by molar-refractivity contribution is -0.136. The van der Waals surface area contributed by atoms with Crippen molar-refractivity contribution in [1.29, 1.82) is 0 Å². The van der Waals surface area contributed by atoms with E-state index in [1.807, 2.05) is 23.2 Å². The highest BCUT2D eigenvalue weighted by molar-refractivity contribution is 7.91. The van der Waals surface area contributed by atoms with Gasteiger partial charge in [0.25, 0.3) is 10.0 Å². The molecule has 1 atom stereocenters. The van der Waals surface area contributed by atoms with Gasteiger partial charge in [-0.05, 0) is 42.3 Å². The minimum Gasteiger partial charge on any atom is -0.361 e. The van der Waals surface area contributed by atoms with Crippen molar-refractivity contribution in [3.05, 3.63) is 59.6 Å². The Morgan fingerprint density at radius 1 is 1.13 bits per heavy atom. The molecule has 6 nitrogen and oxygen atoms in total. The van der Waals surface area contributed by atoms with Gasteiger partial charge in [-0.2, -0.15) is 4.31 Å². The fourth-order valence-corrected chi connectivity index (χ4v) is 7.28. The minimum atomic E-state index is -3.51. The molecule has 0 radical (unpaired) electrons. The third-order valence-electron chi connectivity index (χ3n) is 6.28. The van der Waals surface area contributed by atoms with Gasteiger partial charge in [-0.1, -0.05) is 30.3 Å². The summed E-state index contributed by atoms with van der Waals surface area (Å²) >= 11 is 1.23. The zero-order valence-corrected chi connectivity index (χ0v) is 18.8. The molecule has 1 saturated heterocycles. The predicted octanol–water partition coefficient (Wildman–Crippen LogP) is 3.95. The van der Waals surface area contributed by atoms with Gasteiger partial charge in [0, 0.05) is 48.8 Å². The highest BCUT2D eigenvalue weighted by Crippen LogP contribution is 2.31. The summed E-state index contributed by atoms with van der Waals surface area (Å²) in [6.45, 7) is 1.99. The fraction of sp³-hybridized carbons (Fsp3) is 0.348. The Morgan fingerprint density at radius 2 is 2.00 bits per heavy atom. The van der Waals surface area contributed by atoms with Crippen molar-refractivity contribution in [3.63, 3.8) is 0 Å². The number of thiophene rings is 1. The molecule has 3 aromatic rings. The number of nitrogens with one attached hydrogen (secondary N) is 1. The SMILES string of the molecule is O=C(C1CCCN(S(=O)(=O)c2cccs2)C1)N1CC=C(c2c[nH]c3ccccc23)CC1. The maximum Gasteiger partial charge on any atom is 0.252 e. The zero-order chi connectivity index (χ0) is 21.4. The molecule has 2 aromatic heterocycles. The molecule has 1 unspecified atom stereocenters. The Labute approximate surface area is 186 Å². The van der Waals surface area contributed by atoms with Gasteiger partial charge >= 0.3 is 0 Å². The highest BCUT2D eigenvalue weighted by atomic mass is 32.2. The molecule has 162 valence electrons. The number of para-hydroxylation sites is 1. The van der Waals surface area contributed by atoms with Crippen LogP contribution in [0.15, 0.2) is 58.3 Å². The first-order chi connectivity index (χ1) is 15.0. The van der Waals surface area contributed by atoms with Crippen molar-refractivity contribution in [2.45, 2.75) is 23.5 Å². The Balaban J connectivity index is 1.28. The molecule has 0 bridgehead atoms. The van der Waals surface area contributed by atoms with Crippen molar-refractivity contribution in [2.75, 3.05) is 26.2 Å². The summed E-state index contributed by atoms with van der Waals surface area (Å²) in [6.07, 6.45) is 6.44. The van der Waals surface area contributed by atoms with E-state index in [0.717, 1.165) is 18.4 Å². The molecule has 1 amide bonds. The van der Waals surface area contributed by atoms with Crippen LogP contribution in [0.2, 0.25) is 0 Å². The van der Waals surface area contributed by atoms with Crippen molar-refractivity contribution in [1.82, 2.24) is 14.2 Å². The third-order valence-corrected chi connectivity index (χ3v) is 9.52. The van der Waals surface area contributed by atoms with Crippen molar-refractivity contribution in [3.8, 4) is 0 Å². The second-order valence-corrected chi connectivity index (χ2v) is 11.3. The molecule has 2 aliphatic heterocycles. The van der Waals surface area contributed by atoms with Crippen LogP contribution in [0.4, 0.5) is 0 Å². The van der Waals surface area contributed by atoms with Crippen molar-refractivity contribution >= 4 is 43.7 Å². The average molecular weight is 456 g/mol. The molecule has 0 aliphatic carbocycles. The molecule has 1 aromatic carbocycles. The normalized spacial score (nSPS) is 20.7. The van der Waals surface area contributed by atoms with Crippen LogP contribution < -0.4 is 0 Å². The number of fused-ring (bicyclic) bond motifs is 1. The Kier molecular flexibility index (Phi) is 5.45. The molecule has 1 N–H and O–H groups in total. The van der Waals surface area contributed by atoms with E-state index in [4.69, 9.17) is 0 Å². The number of sulfonamides is 1. The van der Waals surface area contributed by atoms with Crippen LogP contribution in [0.1, 0.15) is 24.8 Å². The van der Waals surface area contributed by atoms with Gasteiger partial charge in [-0.3, -0.25) is 4.79 Å². The second-order valence-electron chi connectivity index (χ2n) is 8.15. The summed E-state index contributed by atoms with van der Waals surface area (Å²) in [5.74, 6) is -0.202. The predicted molar refractivity (Wildman–Crippen MR) is 123 cm³/mol. The summed E-state index contributed by atoms with van der Waals surface area (Å²) in [5, 5.41) is 2.97. The summed E-state index contributed by atoms with van der Waals surface area (Å²) < 4.78 is 27.6. The van der Waals surface area contributed by atoms with E-state index < -0.39 is 10.0 Å². The lowest BCUT2D eigenvalue weighted by atomic mass is 9.95. The molecule has 0 saturated carbocycles. The molecule has 31 heavy (non-hydrogen) atoms. The highest BCUT2D eigenvalue weighted by Gasteiger charge is 2.35. The first-order valence-electron chi connectivity index (χ1n) is 10.6. The van der Waals surface area contributed by atoms with Gasteiger partial charge < -0.3 is 9.88 Å². The van der Waals surface area contributed by atoms with E-state index in [1.54, 1.807) is 17.5 Å². The maximum absolute atomic E-state index is 13.2. The number of nitrogens with zero attached hydrogens (tertiary/aromatic N) is 2. The minimum absolute atomic E-state index is 0.0697. The Bertz CT molecular complexity index is 1230. The number of hydrogen-bond acceptors (Lipinski definition) is 4. The van der Waals surface area contributed by atoms with Gasteiger partial charge in [0.15, 0.2) is 0 Å². The summed E-state index contributed by atoms with van der Waals surface area (Å²) in [4.78, 5) is 18.4. The molecule has 4 heterocycles. The number of H-pyrrole nitrogens is 1. The van der Waals surface area contributed by atoms with Crippen LogP contribution >= 0.6 is 11.3 Å². The van der Waals surface area contributed by atoms with Crippen LogP contribution in [0.3, 0.4) is 0 Å². The molecular weight excluding hydrogens is 430 g/mol. The quantitative estimate of drug-likeness (QED) is 0.647. The third kappa shape index (κ3) is 3.84. The number of amides is 1. The van der Waals surface area contributed by atoms with E-state index in [0.29, 0.717) is 30.3 Å². The number of piperidine rings is 1. The maximum atomic E-state index is 13.2. The van der Waals surface area contributed by atoms with E-state index >= 15 is 0 Å². The standard InChI is InChI=1S/C23H25N3O3S2/c27-23(18-5-3-11-26(16-18)31(28,29)22-8-4-14-30-22)25-12-9-17(10-13-25)20-15-24-21-7-2-1-6-19(20)21/h1-2,4,6-9,14-15,18,24H,3,5,10-13,16H2. The van der Waals surface area contributed by atoms with Crippen molar-refractivity contribution < 1.29 is 13.2 Å². The lowest BCUT2D eigenvalue weighted by Gasteiger charge is -2.35. The summed E-state index contributed by atoms with van der Waals surface area (Å²) in [5.41, 5.74) is 3.58. The Hall–Kier alpha value is -2.42. The lowest BCUT2D eigenvalue weighted by Crippen LogP contribution is -2.47. The van der Waals surface area contributed by atoms with Crippen LogP contribution in [0, 0.1) is 5.92 Å². The molecule has 1 fully saturated rings. The first-order valence-corrected chi connectivity index (χ1v) is 12.9. The van der Waals surface area contributed by atoms with Crippen LogP contribution in [0.25, 0.3) is 16.5 Å². The van der Waals surface area contributed by atoms with Crippen LogP contribution in [-0.4, -0.2) is 54.7 Å². The largest absolute Gasteiger partial charge is 0.361 e. The zero-order valence-electron chi connectivity index (χ0n) is 17.2.